The molecule has 2 N–H and O–H groups in total. The third kappa shape index (κ3) is 4.97. The summed E-state index contributed by atoms with van der Waals surface area (Å²) >= 11 is 1.68. The van der Waals surface area contributed by atoms with Crippen molar-refractivity contribution in [2.75, 3.05) is 6.54 Å². The van der Waals surface area contributed by atoms with Gasteiger partial charge in [-0.05, 0) is 54.7 Å². The van der Waals surface area contributed by atoms with E-state index in [0.717, 1.165) is 44.1 Å². The molecule has 0 saturated heterocycles. The van der Waals surface area contributed by atoms with E-state index in [2.05, 4.69) is 59.3 Å². The Bertz CT molecular complexity index is 771. The van der Waals surface area contributed by atoms with Crippen molar-refractivity contribution in [2.45, 2.75) is 57.0 Å². The molecule has 27 heavy (non-hydrogen) atoms. The Kier molecular flexibility index (Phi) is 6.65. The van der Waals surface area contributed by atoms with Crippen molar-refractivity contribution in [3.8, 4) is 6.07 Å². The summed E-state index contributed by atoms with van der Waals surface area (Å²) < 4.78 is 0. The van der Waals surface area contributed by atoms with Gasteiger partial charge < -0.3 is 5.32 Å². The highest BCUT2D eigenvalue weighted by atomic mass is 32.1. The van der Waals surface area contributed by atoms with Crippen LogP contribution in [0.15, 0.2) is 41.8 Å². The van der Waals surface area contributed by atoms with Gasteiger partial charge in [-0.2, -0.15) is 5.26 Å². The molecule has 0 radical (unpaired) electrons. The second-order valence-corrected chi connectivity index (χ2v) is 8.25. The van der Waals surface area contributed by atoms with Crippen LogP contribution < -0.4 is 10.6 Å². The van der Waals surface area contributed by atoms with E-state index in [1.165, 1.54) is 10.4 Å². The molecule has 1 amide bonds. The van der Waals surface area contributed by atoms with E-state index >= 15 is 0 Å². The molecule has 2 aromatic rings. The van der Waals surface area contributed by atoms with Gasteiger partial charge in [-0.1, -0.05) is 43.7 Å². The number of aryl methyl sites for hydroxylation is 1. The average molecular weight is 382 g/mol. The van der Waals surface area contributed by atoms with Gasteiger partial charge in [0.1, 0.15) is 5.54 Å². The fourth-order valence-corrected chi connectivity index (χ4v) is 4.58. The minimum absolute atomic E-state index is 0.0203. The molecule has 3 rings (SSSR count). The van der Waals surface area contributed by atoms with Crippen LogP contribution in [0.2, 0.25) is 0 Å². The number of rotatable bonds is 8. The molecule has 142 valence electrons. The van der Waals surface area contributed by atoms with Crippen LogP contribution in [-0.4, -0.2) is 18.0 Å². The highest BCUT2D eigenvalue weighted by molar-refractivity contribution is 7.10. The lowest BCUT2D eigenvalue weighted by Gasteiger charge is -2.23. The smallest absolute Gasteiger partial charge is 0.235 e. The summed E-state index contributed by atoms with van der Waals surface area (Å²) in [7, 11) is 0. The molecule has 1 saturated carbocycles. The third-order valence-electron chi connectivity index (χ3n) is 5.20. The van der Waals surface area contributed by atoms with Crippen molar-refractivity contribution < 1.29 is 4.79 Å². The van der Waals surface area contributed by atoms with Crippen molar-refractivity contribution in [1.82, 2.24) is 10.6 Å². The number of amides is 1. The van der Waals surface area contributed by atoms with Crippen LogP contribution in [0, 0.1) is 11.3 Å². The van der Waals surface area contributed by atoms with Gasteiger partial charge in [0.05, 0.1) is 18.7 Å². The number of benzene rings is 1. The molecule has 1 fully saturated rings. The van der Waals surface area contributed by atoms with E-state index in [1.54, 1.807) is 11.3 Å². The van der Waals surface area contributed by atoms with Gasteiger partial charge in [0.2, 0.25) is 5.91 Å². The van der Waals surface area contributed by atoms with Crippen molar-refractivity contribution in [3.05, 3.63) is 57.8 Å². The van der Waals surface area contributed by atoms with Crippen LogP contribution in [0.3, 0.4) is 0 Å². The van der Waals surface area contributed by atoms with Gasteiger partial charge in [0.25, 0.3) is 0 Å². The average Bonchev–Trinajstić information content (AvgIpc) is 3.36. The zero-order valence-electron chi connectivity index (χ0n) is 15.8. The first-order chi connectivity index (χ1) is 13.2. The molecule has 0 aliphatic heterocycles. The second-order valence-electron chi connectivity index (χ2n) is 7.27. The maximum atomic E-state index is 12.5. The first-order valence-corrected chi connectivity index (χ1v) is 10.6. The number of hydrogen-bond acceptors (Lipinski definition) is 4. The molecular formula is C22H27N3OS. The van der Waals surface area contributed by atoms with Gasteiger partial charge in [-0.3, -0.25) is 10.1 Å². The summed E-state index contributed by atoms with van der Waals surface area (Å²) in [5, 5.41) is 17.9. The van der Waals surface area contributed by atoms with Crippen LogP contribution >= 0.6 is 11.3 Å². The molecule has 0 bridgehead atoms. The van der Waals surface area contributed by atoms with E-state index in [1.807, 2.05) is 6.07 Å². The van der Waals surface area contributed by atoms with Crippen molar-refractivity contribution in [1.29, 1.82) is 5.26 Å². The van der Waals surface area contributed by atoms with E-state index in [-0.39, 0.29) is 18.5 Å². The summed E-state index contributed by atoms with van der Waals surface area (Å²) in [5.74, 6) is -0.109. The summed E-state index contributed by atoms with van der Waals surface area (Å²) in [4.78, 5) is 13.7. The molecule has 1 heterocycles. The SMILES string of the molecule is CCCc1ccc([C@H](NCC(=O)NC2(C#N)CCCC2)c2cccs2)cc1. The lowest BCUT2D eigenvalue weighted by atomic mass is 9.99. The van der Waals surface area contributed by atoms with E-state index in [0.29, 0.717) is 0 Å². The second kappa shape index (κ2) is 9.16. The third-order valence-corrected chi connectivity index (χ3v) is 6.13. The minimum atomic E-state index is -0.668. The maximum absolute atomic E-state index is 12.5. The molecule has 1 aromatic carbocycles. The van der Waals surface area contributed by atoms with E-state index in [9.17, 15) is 10.1 Å². The molecule has 1 aliphatic carbocycles. The number of nitrogens with zero attached hydrogens (tertiary/aromatic N) is 1. The standard InChI is InChI=1S/C22H27N3OS/c1-2-6-17-8-10-18(11-9-17)21(19-7-5-14-27-19)24-15-20(26)25-22(16-23)12-3-4-13-22/h5,7-11,14,21,24H,2-4,6,12-13,15H2,1H3,(H,25,26)/t21-/m0/s1. The molecule has 0 unspecified atom stereocenters. The topological polar surface area (TPSA) is 64.9 Å². The number of carbonyl (C=O) groups excluding carboxylic acids is 1. The Morgan fingerprint density at radius 3 is 2.59 bits per heavy atom. The Morgan fingerprint density at radius 2 is 2.00 bits per heavy atom. The molecular weight excluding hydrogens is 354 g/mol. The van der Waals surface area contributed by atoms with E-state index in [4.69, 9.17) is 0 Å². The van der Waals surface area contributed by atoms with Crippen molar-refractivity contribution in [2.24, 2.45) is 0 Å². The highest BCUT2D eigenvalue weighted by Gasteiger charge is 2.35. The normalized spacial score (nSPS) is 16.6. The fourth-order valence-electron chi connectivity index (χ4n) is 3.75. The van der Waals surface area contributed by atoms with Gasteiger partial charge in [0.15, 0.2) is 0 Å². The van der Waals surface area contributed by atoms with Crippen LogP contribution in [0.25, 0.3) is 0 Å². The van der Waals surface area contributed by atoms with Crippen LogP contribution in [0.1, 0.15) is 61.1 Å². The quantitative estimate of drug-likeness (QED) is 0.715. The maximum Gasteiger partial charge on any atom is 0.235 e. The molecule has 0 spiro atoms. The number of hydrogen-bond donors (Lipinski definition) is 2. The lowest BCUT2D eigenvalue weighted by Crippen LogP contribution is -2.48. The predicted octanol–water partition coefficient (Wildman–Crippen LogP) is 4.33. The number of nitrogens with one attached hydrogen (secondary N) is 2. The van der Waals surface area contributed by atoms with E-state index < -0.39 is 5.54 Å². The fraction of sp³-hybridized carbons (Fsp3) is 0.455. The Balaban J connectivity index is 1.67. The number of thiophene rings is 1. The monoisotopic (exact) mass is 381 g/mol. The number of carbonyl (C=O) groups is 1. The Morgan fingerprint density at radius 1 is 1.26 bits per heavy atom. The minimum Gasteiger partial charge on any atom is -0.337 e. The summed E-state index contributed by atoms with van der Waals surface area (Å²) in [6, 6.07) is 15.1. The first kappa shape index (κ1) is 19.6. The van der Waals surface area contributed by atoms with Crippen molar-refractivity contribution in [3.63, 3.8) is 0 Å². The molecule has 4 nitrogen and oxygen atoms in total. The summed E-state index contributed by atoms with van der Waals surface area (Å²) in [6.07, 6.45) is 5.72. The predicted molar refractivity (Wildman–Crippen MR) is 110 cm³/mol. The zero-order valence-corrected chi connectivity index (χ0v) is 16.6. The Hall–Kier alpha value is -2.16. The van der Waals surface area contributed by atoms with Crippen LogP contribution in [0.4, 0.5) is 0 Å². The summed E-state index contributed by atoms with van der Waals surface area (Å²) in [5.41, 5.74) is 1.82. The van der Waals surface area contributed by atoms with Gasteiger partial charge >= 0.3 is 0 Å². The van der Waals surface area contributed by atoms with Gasteiger partial charge in [-0.25, -0.2) is 0 Å². The lowest BCUT2D eigenvalue weighted by molar-refractivity contribution is -0.121. The molecule has 1 aromatic heterocycles. The molecule has 5 heteroatoms. The molecule has 1 aliphatic rings. The van der Waals surface area contributed by atoms with Crippen molar-refractivity contribution >= 4 is 17.2 Å². The van der Waals surface area contributed by atoms with Gasteiger partial charge in [0, 0.05) is 4.88 Å². The van der Waals surface area contributed by atoms with Gasteiger partial charge in [-0.15, -0.1) is 11.3 Å². The first-order valence-electron chi connectivity index (χ1n) is 9.74. The van der Waals surface area contributed by atoms with Crippen LogP contribution in [-0.2, 0) is 11.2 Å². The Labute approximate surface area is 165 Å². The zero-order chi connectivity index (χ0) is 19.1. The highest BCUT2D eigenvalue weighted by Crippen LogP contribution is 2.29. The summed E-state index contributed by atoms with van der Waals surface area (Å²) in [6.45, 7) is 2.38. The van der Waals surface area contributed by atoms with Crippen LogP contribution in [0.5, 0.6) is 0 Å². The largest absolute Gasteiger partial charge is 0.337 e. The molecule has 1 atom stereocenters. The number of nitriles is 1.